The standard InChI is InChI=1S/C19H22F2N4O3.CH2O2/c20-19(21)28-17-3-1-14(2-4-17)18(26)25-7-13-6-24(8-15-5-22-12-23-15)9-16(25)11-27-10-13;2-1-3/h1-5,12-13,16,19H,6-11H2,(H,22,23);1H,(H,2,3)/t13-,16-;/m0./s1. The van der Waals surface area contributed by atoms with Crippen molar-refractivity contribution < 1.29 is 33.0 Å². The summed E-state index contributed by atoms with van der Waals surface area (Å²) in [5.41, 5.74) is 1.49. The van der Waals surface area contributed by atoms with Gasteiger partial charge in [-0.2, -0.15) is 8.78 Å². The number of ether oxygens (including phenoxy) is 2. The van der Waals surface area contributed by atoms with Crippen LogP contribution in [0.5, 0.6) is 5.75 Å². The fraction of sp³-hybridized carbons (Fsp3) is 0.450. The van der Waals surface area contributed by atoms with Gasteiger partial charge in [0.2, 0.25) is 0 Å². The number of aromatic nitrogens is 2. The predicted molar refractivity (Wildman–Crippen MR) is 105 cm³/mol. The van der Waals surface area contributed by atoms with E-state index in [2.05, 4.69) is 19.6 Å². The summed E-state index contributed by atoms with van der Waals surface area (Å²) in [6.07, 6.45) is 3.47. The van der Waals surface area contributed by atoms with Crippen molar-refractivity contribution in [3.63, 3.8) is 0 Å². The summed E-state index contributed by atoms with van der Waals surface area (Å²) in [4.78, 5) is 32.8. The normalized spacial score (nSPS) is 21.1. The Morgan fingerprint density at radius 2 is 2.03 bits per heavy atom. The molecule has 1 aromatic carbocycles. The average Bonchev–Trinajstić information content (AvgIpc) is 3.07. The molecule has 1 amide bonds. The molecule has 2 aliphatic heterocycles. The number of fused-ring (bicyclic) bond motifs is 3. The molecular formula is C20H24F2N4O5. The topological polar surface area (TPSA) is 108 Å². The number of amides is 1. The Kier molecular flexibility index (Phi) is 7.90. The third-order valence-corrected chi connectivity index (χ3v) is 5.08. The summed E-state index contributed by atoms with van der Waals surface area (Å²) in [6.45, 7) is 0.848. The highest BCUT2D eigenvalue weighted by molar-refractivity contribution is 5.94. The number of benzene rings is 1. The molecule has 9 nitrogen and oxygen atoms in total. The molecule has 4 rings (SSSR count). The molecule has 0 aliphatic carbocycles. The van der Waals surface area contributed by atoms with E-state index >= 15 is 0 Å². The van der Waals surface area contributed by atoms with Crippen molar-refractivity contribution in [2.45, 2.75) is 19.2 Å². The number of carboxylic acid groups (broad SMARTS) is 1. The zero-order valence-electron chi connectivity index (χ0n) is 16.7. The van der Waals surface area contributed by atoms with Crippen LogP contribution >= 0.6 is 0 Å². The van der Waals surface area contributed by atoms with Gasteiger partial charge < -0.3 is 24.5 Å². The number of hydrogen-bond acceptors (Lipinski definition) is 6. The van der Waals surface area contributed by atoms with Gasteiger partial charge in [-0.15, -0.1) is 0 Å². The highest BCUT2D eigenvalue weighted by Crippen LogP contribution is 2.24. The third-order valence-electron chi connectivity index (χ3n) is 5.08. The lowest BCUT2D eigenvalue weighted by Gasteiger charge is -2.31. The van der Waals surface area contributed by atoms with Crippen molar-refractivity contribution in [2.75, 3.05) is 32.8 Å². The molecule has 168 valence electrons. The Labute approximate surface area is 177 Å². The minimum atomic E-state index is -2.88. The second kappa shape index (κ2) is 10.8. The maximum atomic E-state index is 13.1. The van der Waals surface area contributed by atoms with Gasteiger partial charge in [0, 0.05) is 49.6 Å². The van der Waals surface area contributed by atoms with E-state index in [0.29, 0.717) is 31.9 Å². The Balaban J connectivity index is 0.000000858. The highest BCUT2D eigenvalue weighted by atomic mass is 19.3. The van der Waals surface area contributed by atoms with Gasteiger partial charge in [0.1, 0.15) is 5.75 Å². The van der Waals surface area contributed by atoms with Gasteiger partial charge in [-0.3, -0.25) is 14.5 Å². The fourth-order valence-corrected chi connectivity index (χ4v) is 3.87. The van der Waals surface area contributed by atoms with Crippen molar-refractivity contribution in [3.05, 3.63) is 48.0 Å². The molecule has 2 fully saturated rings. The molecule has 0 spiro atoms. The summed E-state index contributed by atoms with van der Waals surface area (Å²) in [5.74, 6) is 0.128. The number of imidazole rings is 1. The predicted octanol–water partition coefficient (Wildman–Crippen LogP) is 1.68. The molecule has 2 N–H and O–H groups in total. The first-order valence-electron chi connectivity index (χ1n) is 9.71. The molecule has 0 saturated carbocycles. The lowest BCUT2D eigenvalue weighted by molar-refractivity contribution is -0.122. The Morgan fingerprint density at radius 1 is 1.29 bits per heavy atom. The molecule has 1 aromatic heterocycles. The quantitative estimate of drug-likeness (QED) is 0.684. The Hall–Kier alpha value is -3.05. The summed E-state index contributed by atoms with van der Waals surface area (Å²) in [7, 11) is 0. The highest BCUT2D eigenvalue weighted by Gasteiger charge is 2.36. The van der Waals surface area contributed by atoms with Gasteiger partial charge in [-0.25, -0.2) is 4.98 Å². The van der Waals surface area contributed by atoms with Crippen molar-refractivity contribution in [3.8, 4) is 5.75 Å². The largest absolute Gasteiger partial charge is 0.483 e. The number of nitrogens with one attached hydrogen (secondary N) is 1. The van der Waals surface area contributed by atoms with E-state index in [1.165, 1.54) is 24.3 Å². The molecule has 2 aromatic rings. The monoisotopic (exact) mass is 438 g/mol. The van der Waals surface area contributed by atoms with E-state index in [1.54, 1.807) is 6.33 Å². The van der Waals surface area contributed by atoms with Crippen LogP contribution in [0.25, 0.3) is 0 Å². The smallest absolute Gasteiger partial charge is 0.387 e. The van der Waals surface area contributed by atoms with Crippen LogP contribution < -0.4 is 4.74 Å². The summed E-state index contributed by atoms with van der Waals surface area (Å²) < 4.78 is 34.8. The van der Waals surface area contributed by atoms with Crippen LogP contribution in [0.2, 0.25) is 0 Å². The van der Waals surface area contributed by atoms with Crippen LogP contribution in [0, 0.1) is 5.92 Å². The van der Waals surface area contributed by atoms with E-state index in [4.69, 9.17) is 14.6 Å². The van der Waals surface area contributed by atoms with Crippen LogP contribution in [-0.4, -0.2) is 82.8 Å². The number of rotatable bonds is 5. The average molecular weight is 438 g/mol. The number of nitrogens with zero attached hydrogens (tertiary/aromatic N) is 3. The number of alkyl halides is 2. The lowest BCUT2D eigenvalue weighted by Crippen LogP contribution is -2.46. The van der Waals surface area contributed by atoms with Gasteiger partial charge in [-0.1, -0.05) is 0 Å². The van der Waals surface area contributed by atoms with Crippen molar-refractivity contribution in [1.29, 1.82) is 0 Å². The number of hydrogen-bond donors (Lipinski definition) is 2. The SMILES string of the molecule is O=C(c1ccc(OC(F)F)cc1)N1C[C@H]2COC[C@@H]1CN(Cc1cnc[nH]1)C2.O=CO. The number of halogens is 2. The van der Waals surface area contributed by atoms with Crippen LogP contribution in [0.4, 0.5) is 8.78 Å². The molecule has 3 heterocycles. The first-order chi connectivity index (χ1) is 15.0. The molecule has 2 aliphatic rings. The first kappa shape index (κ1) is 22.6. The number of carbonyl (C=O) groups is 2. The molecule has 31 heavy (non-hydrogen) atoms. The lowest BCUT2D eigenvalue weighted by atomic mass is 10.1. The molecular weight excluding hydrogens is 414 g/mol. The third kappa shape index (κ3) is 6.22. The number of aromatic amines is 1. The van der Waals surface area contributed by atoms with Crippen LogP contribution in [-0.2, 0) is 16.1 Å². The molecule has 0 radical (unpaired) electrons. The van der Waals surface area contributed by atoms with Crippen LogP contribution in [0.1, 0.15) is 16.1 Å². The second-order valence-corrected chi connectivity index (χ2v) is 7.29. The van der Waals surface area contributed by atoms with E-state index < -0.39 is 6.61 Å². The summed E-state index contributed by atoms with van der Waals surface area (Å²) in [6, 6.07) is 5.77. The first-order valence-corrected chi connectivity index (χ1v) is 9.71. The van der Waals surface area contributed by atoms with E-state index in [9.17, 15) is 13.6 Å². The summed E-state index contributed by atoms with van der Waals surface area (Å²) in [5, 5.41) is 6.89. The molecule has 2 atom stereocenters. The van der Waals surface area contributed by atoms with Crippen molar-refractivity contribution in [2.24, 2.45) is 5.92 Å². The van der Waals surface area contributed by atoms with Crippen LogP contribution in [0.3, 0.4) is 0 Å². The van der Waals surface area contributed by atoms with Crippen molar-refractivity contribution >= 4 is 12.4 Å². The second-order valence-electron chi connectivity index (χ2n) is 7.29. The molecule has 11 heteroatoms. The van der Waals surface area contributed by atoms with Gasteiger partial charge in [0.25, 0.3) is 12.4 Å². The fourth-order valence-electron chi connectivity index (χ4n) is 3.87. The Bertz CT molecular complexity index is 835. The van der Waals surface area contributed by atoms with Gasteiger partial charge in [0.05, 0.1) is 25.6 Å². The van der Waals surface area contributed by atoms with Gasteiger partial charge in [-0.05, 0) is 24.3 Å². The maximum Gasteiger partial charge on any atom is 0.387 e. The molecule has 2 bridgehead atoms. The van der Waals surface area contributed by atoms with E-state index in [-0.39, 0.29) is 30.1 Å². The zero-order valence-corrected chi connectivity index (χ0v) is 16.7. The number of H-pyrrole nitrogens is 1. The van der Waals surface area contributed by atoms with Crippen LogP contribution in [0.15, 0.2) is 36.8 Å². The van der Waals surface area contributed by atoms with Crippen molar-refractivity contribution in [1.82, 2.24) is 19.8 Å². The minimum absolute atomic E-state index is 0.0372. The van der Waals surface area contributed by atoms with E-state index in [1.807, 2.05) is 11.1 Å². The van der Waals surface area contributed by atoms with Gasteiger partial charge in [0.15, 0.2) is 0 Å². The maximum absolute atomic E-state index is 13.1. The zero-order chi connectivity index (χ0) is 22.2. The van der Waals surface area contributed by atoms with Gasteiger partial charge >= 0.3 is 6.61 Å². The number of carbonyl (C=O) groups excluding carboxylic acids is 1. The molecule has 2 saturated heterocycles. The molecule has 0 unspecified atom stereocenters. The minimum Gasteiger partial charge on any atom is -0.483 e. The van der Waals surface area contributed by atoms with E-state index in [0.717, 1.165) is 18.8 Å². The summed E-state index contributed by atoms with van der Waals surface area (Å²) >= 11 is 0. The Morgan fingerprint density at radius 3 is 2.68 bits per heavy atom.